The number of nitrogens with zero attached hydrogens (tertiary/aromatic N) is 5. The Balaban J connectivity index is 1.17. The summed E-state index contributed by atoms with van der Waals surface area (Å²) in [5.74, 6) is -0.179. The van der Waals surface area contributed by atoms with Gasteiger partial charge in [0.15, 0.2) is 0 Å². The minimum atomic E-state index is -0.452. The number of nitrogens with two attached hydrogens (primary N) is 1. The van der Waals surface area contributed by atoms with E-state index in [1.54, 1.807) is 6.07 Å². The third-order valence-corrected chi connectivity index (χ3v) is 6.58. The molecule has 29 heavy (non-hydrogen) atoms. The lowest BCUT2D eigenvalue weighted by Gasteiger charge is -2.43. The predicted octanol–water partition coefficient (Wildman–Crippen LogP) is -0.00520. The first kappa shape index (κ1) is 20.3. The van der Waals surface area contributed by atoms with Crippen LogP contribution in [0.15, 0.2) is 18.3 Å². The standard InChI is InChI=1S/C21H32N6O2/c22-21(29)17-4-5-18(23-14-17)15-24-6-8-25(9-7-24)16-20(28)27-12-10-26(11-13-27)19-2-1-3-19/h4-5,14,19H,1-3,6-13,15-16H2,(H2,22,29). The highest BCUT2D eigenvalue weighted by atomic mass is 16.2. The van der Waals surface area contributed by atoms with Gasteiger partial charge in [0.2, 0.25) is 11.8 Å². The van der Waals surface area contributed by atoms with Crippen LogP contribution in [0.25, 0.3) is 0 Å². The van der Waals surface area contributed by atoms with Crippen LogP contribution in [0, 0.1) is 0 Å². The molecule has 1 saturated carbocycles. The molecular formula is C21H32N6O2. The quantitative estimate of drug-likeness (QED) is 0.723. The van der Waals surface area contributed by atoms with Crippen LogP contribution in [0.5, 0.6) is 0 Å². The predicted molar refractivity (Wildman–Crippen MR) is 110 cm³/mol. The molecule has 2 aliphatic heterocycles. The summed E-state index contributed by atoms with van der Waals surface area (Å²) in [7, 11) is 0. The van der Waals surface area contributed by atoms with Gasteiger partial charge in [0.1, 0.15) is 0 Å². The van der Waals surface area contributed by atoms with Crippen LogP contribution < -0.4 is 5.73 Å². The average molecular weight is 401 g/mol. The zero-order chi connectivity index (χ0) is 20.2. The monoisotopic (exact) mass is 400 g/mol. The number of carbonyl (C=O) groups is 2. The Bertz CT molecular complexity index is 704. The first-order valence-electron chi connectivity index (χ1n) is 10.8. The molecule has 0 aromatic carbocycles. The van der Waals surface area contributed by atoms with Crippen LogP contribution in [0.3, 0.4) is 0 Å². The fraction of sp³-hybridized carbons (Fsp3) is 0.667. The molecule has 1 aromatic heterocycles. The summed E-state index contributed by atoms with van der Waals surface area (Å²) in [6, 6.07) is 4.37. The minimum Gasteiger partial charge on any atom is -0.366 e. The number of piperazine rings is 2. The molecule has 0 radical (unpaired) electrons. The average Bonchev–Trinajstić information content (AvgIpc) is 2.69. The van der Waals surface area contributed by atoms with Gasteiger partial charge in [-0.3, -0.25) is 29.3 Å². The molecule has 158 valence electrons. The molecule has 4 rings (SSSR count). The Morgan fingerprint density at radius 2 is 1.66 bits per heavy atom. The Morgan fingerprint density at radius 1 is 0.966 bits per heavy atom. The SMILES string of the molecule is NC(=O)c1ccc(CN2CCN(CC(=O)N3CCN(C4CCC4)CC3)CC2)nc1. The van der Waals surface area contributed by atoms with Gasteiger partial charge in [-0.15, -0.1) is 0 Å². The van der Waals surface area contributed by atoms with Gasteiger partial charge >= 0.3 is 0 Å². The van der Waals surface area contributed by atoms with Crippen molar-refractivity contribution in [1.82, 2.24) is 24.6 Å². The van der Waals surface area contributed by atoms with Gasteiger partial charge in [-0.05, 0) is 25.0 Å². The van der Waals surface area contributed by atoms with Crippen molar-refractivity contribution < 1.29 is 9.59 Å². The van der Waals surface area contributed by atoms with Gasteiger partial charge in [0.25, 0.3) is 0 Å². The Hall–Kier alpha value is -2.03. The van der Waals surface area contributed by atoms with Crippen molar-refractivity contribution in [2.75, 3.05) is 58.9 Å². The number of carbonyl (C=O) groups excluding carboxylic acids is 2. The Labute approximate surface area is 172 Å². The Kier molecular flexibility index (Phi) is 6.42. The summed E-state index contributed by atoms with van der Waals surface area (Å²) in [5.41, 5.74) is 6.63. The van der Waals surface area contributed by atoms with E-state index < -0.39 is 5.91 Å². The zero-order valence-electron chi connectivity index (χ0n) is 17.1. The third kappa shape index (κ3) is 5.12. The number of hydrogen-bond donors (Lipinski definition) is 1. The summed E-state index contributed by atoms with van der Waals surface area (Å²) in [5, 5.41) is 0. The molecule has 8 heteroatoms. The molecule has 8 nitrogen and oxygen atoms in total. The maximum Gasteiger partial charge on any atom is 0.250 e. The van der Waals surface area contributed by atoms with Gasteiger partial charge in [0.05, 0.1) is 17.8 Å². The van der Waals surface area contributed by atoms with Crippen LogP contribution in [-0.2, 0) is 11.3 Å². The van der Waals surface area contributed by atoms with E-state index in [0.717, 1.165) is 70.6 Å². The lowest BCUT2D eigenvalue weighted by Crippen LogP contribution is -2.56. The highest BCUT2D eigenvalue weighted by Gasteiger charge is 2.30. The molecular weight excluding hydrogens is 368 g/mol. The van der Waals surface area contributed by atoms with Gasteiger partial charge in [-0.25, -0.2) is 0 Å². The summed E-state index contributed by atoms with van der Waals surface area (Å²) in [4.78, 5) is 37.4. The number of primary amides is 1. The van der Waals surface area contributed by atoms with E-state index in [2.05, 4.69) is 19.7 Å². The van der Waals surface area contributed by atoms with Crippen LogP contribution in [0.4, 0.5) is 0 Å². The van der Waals surface area contributed by atoms with E-state index in [-0.39, 0.29) is 5.91 Å². The number of rotatable bonds is 6. The van der Waals surface area contributed by atoms with E-state index in [1.807, 2.05) is 11.0 Å². The second-order valence-electron chi connectivity index (χ2n) is 8.46. The zero-order valence-corrected chi connectivity index (χ0v) is 17.1. The van der Waals surface area contributed by atoms with Crippen molar-refractivity contribution in [3.63, 3.8) is 0 Å². The minimum absolute atomic E-state index is 0.274. The summed E-state index contributed by atoms with van der Waals surface area (Å²) >= 11 is 0. The molecule has 0 spiro atoms. The molecule has 1 aliphatic carbocycles. The van der Waals surface area contributed by atoms with Crippen molar-refractivity contribution in [3.05, 3.63) is 29.6 Å². The van der Waals surface area contributed by atoms with Crippen LogP contribution in [0.1, 0.15) is 35.3 Å². The molecule has 0 unspecified atom stereocenters. The topological polar surface area (TPSA) is 86.0 Å². The molecule has 0 atom stereocenters. The molecule has 3 fully saturated rings. The van der Waals surface area contributed by atoms with E-state index in [9.17, 15) is 9.59 Å². The van der Waals surface area contributed by atoms with Gasteiger partial charge in [-0.1, -0.05) is 6.42 Å². The van der Waals surface area contributed by atoms with E-state index in [1.165, 1.54) is 25.5 Å². The van der Waals surface area contributed by atoms with E-state index in [0.29, 0.717) is 12.1 Å². The van der Waals surface area contributed by atoms with Crippen LogP contribution in [-0.4, -0.2) is 101 Å². The number of aromatic nitrogens is 1. The number of amides is 2. The van der Waals surface area contributed by atoms with Crippen molar-refractivity contribution in [2.24, 2.45) is 5.73 Å². The van der Waals surface area contributed by atoms with Gasteiger partial charge in [0, 0.05) is 71.1 Å². The Morgan fingerprint density at radius 3 is 2.21 bits per heavy atom. The fourth-order valence-corrected chi connectivity index (χ4v) is 4.38. The molecule has 1 aromatic rings. The number of hydrogen-bond acceptors (Lipinski definition) is 6. The van der Waals surface area contributed by atoms with Gasteiger partial charge in [-0.2, -0.15) is 0 Å². The summed E-state index contributed by atoms with van der Waals surface area (Å²) < 4.78 is 0. The lowest BCUT2D eigenvalue weighted by molar-refractivity contribution is -0.135. The van der Waals surface area contributed by atoms with Crippen LogP contribution >= 0.6 is 0 Å². The molecule has 3 heterocycles. The summed E-state index contributed by atoms with van der Waals surface area (Å²) in [6.07, 6.45) is 5.58. The second kappa shape index (κ2) is 9.19. The highest BCUT2D eigenvalue weighted by molar-refractivity contribution is 5.92. The van der Waals surface area contributed by atoms with Gasteiger partial charge < -0.3 is 10.6 Å². The first-order valence-corrected chi connectivity index (χ1v) is 10.8. The molecule has 3 aliphatic rings. The molecule has 2 amide bonds. The summed E-state index contributed by atoms with van der Waals surface area (Å²) in [6.45, 7) is 8.74. The highest BCUT2D eigenvalue weighted by Crippen LogP contribution is 2.25. The lowest BCUT2D eigenvalue weighted by atomic mass is 9.91. The molecule has 0 bridgehead atoms. The van der Waals surface area contributed by atoms with Crippen molar-refractivity contribution in [2.45, 2.75) is 31.8 Å². The van der Waals surface area contributed by atoms with Crippen molar-refractivity contribution in [1.29, 1.82) is 0 Å². The van der Waals surface area contributed by atoms with E-state index in [4.69, 9.17) is 5.73 Å². The second-order valence-corrected chi connectivity index (χ2v) is 8.46. The van der Waals surface area contributed by atoms with Crippen LogP contribution in [0.2, 0.25) is 0 Å². The first-order chi connectivity index (χ1) is 14.1. The largest absolute Gasteiger partial charge is 0.366 e. The third-order valence-electron chi connectivity index (χ3n) is 6.58. The normalized spacial score (nSPS) is 22.4. The number of pyridine rings is 1. The maximum absolute atomic E-state index is 12.7. The van der Waals surface area contributed by atoms with Crippen molar-refractivity contribution in [3.8, 4) is 0 Å². The molecule has 2 saturated heterocycles. The van der Waals surface area contributed by atoms with E-state index >= 15 is 0 Å². The molecule has 2 N–H and O–H groups in total. The fourth-order valence-electron chi connectivity index (χ4n) is 4.38. The smallest absolute Gasteiger partial charge is 0.250 e. The maximum atomic E-state index is 12.7. The van der Waals surface area contributed by atoms with Crippen molar-refractivity contribution >= 4 is 11.8 Å².